The summed E-state index contributed by atoms with van der Waals surface area (Å²) in [6, 6.07) is 0.434. The molecular formula is C15H23N3O3. The van der Waals surface area contributed by atoms with Crippen molar-refractivity contribution in [3.63, 3.8) is 0 Å². The van der Waals surface area contributed by atoms with E-state index in [1.54, 1.807) is 0 Å². The fourth-order valence-corrected chi connectivity index (χ4v) is 3.85. The quantitative estimate of drug-likeness (QED) is 0.757. The van der Waals surface area contributed by atoms with E-state index < -0.39 is 11.5 Å². The molecule has 6 nitrogen and oxygen atoms in total. The first-order valence-electron chi connectivity index (χ1n) is 7.89. The highest BCUT2D eigenvalue weighted by atomic mass is 16.7. The topological polar surface area (TPSA) is 84.7 Å². The lowest BCUT2D eigenvalue weighted by Crippen LogP contribution is -2.60. The van der Waals surface area contributed by atoms with Gasteiger partial charge in [-0.05, 0) is 31.8 Å². The molecule has 6 heteroatoms. The fourth-order valence-electron chi connectivity index (χ4n) is 3.85. The van der Waals surface area contributed by atoms with Crippen molar-refractivity contribution < 1.29 is 14.4 Å². The first kappa shape index (κ1) is 14.4. The Balaban J connectivity index is 1.89. The van der Waals surface area contributed by atoms with Crippen molar-refractivity contribution >= 4 is 11.8 Å². The molecule has 1 aliphatic heterocycles. The maximum absolute atomic E-state index is 13.1. The van der Waals surface area contributed by atoms with Crippen molar-refractivity contribution in [2.75, 3.05) is 0 Å². The van der Waals surface area contributed by atoms with Gasteiger partial charge in [0.15, 0.2) is 0 Å². The highest BCUT2D eigenvalue weighted by Crippen LogP contribution is 2.34. The Morgan fingerprint density at radius 2 is 1.62 bits per heavy atom. The molecule has 1 heterocycles. The number of amides is 2. The summed E-state index contributed by atoms with van der Waals surface area (Å²) in [7, 11) is 0. The van der Waals surface area contributed by atoms with Gasteiger partial charge in [-0.2, -0.15) is 0 Å². The molecule has 3 N–H and O–H groups in total. The molecule has 0 saturated heterocycles. The van der Waals surface area contributed by atoms with Crippen LogP contribution in [0.25, 0.3) is 0 Å². The Labute approximate surface area is 124 Å². The number of hydroxylamine groups is 1. The lowest BCUT2D eigenvalue weighted by Gasteiger charge is -2.38. The van der Waals surface area contributed by atoms with Crippen molar-refractivity contribution in [2.45, 2.75) is 69.1 Å². The Morgan fingerprint density at radius 1 is 1.10 bits per heavy atom. The molecule has 0 aromatic carbocycles. The molecule has 3 rings (SSSR count). The minimum Gasteiger partial charge on any atom is -0.366 e. The van der Waals surface area contributed by atoms with Crippen molar-refractivity contribution in [1.29, 1.82) is 0 Å². The third kappa shape index (κ3) is 2.41. The highest BCUT2D eigenvalue weighted by molar-refractivity contribution is 6.10. The number of nitrogens with two attached hydrogens (primary N) is 1. The van der Waals surface area contributed by atoms with Gasteiger partial charge >= 0.3 is 0 Å². The monoisotopic (exact) mass is 293 g/mol. The fraction of sp³-hybridized carbons (Fsp3) is 0.733. The largest absolute Gasteiger partial charge is 0.366 e. The number of hydrogen-bond donors (Lipinski definition) is 2. The van der Waals surface area contributed by atoms with E-state index in [0.717, 1.165) is 51.4 Å². The Kier molecular flexibility index (Phi) is 3.89. The molecule has 116 valence electrons. The second kappa shape index (κ2) is 5.67. The third-order valence-electron chi connectivity index (χ3n) is 4.96. The van der Waals surface area contributed by atoms with Crippen LogP contribution in [-0.4, -0.2) is 34.4 Å². The van der Waals surface area contributed by atoms with Crippen LogP contribution in [0.15, 0.2) is 12.3 Å². The average Bonchev–Trinajstić information content (AvgIpc) is 3.22. The molecule has 0 bridgehead atoms. The number of carbonyl (C=O) groups is 2. The number of primary amides is 1. The van der Waals surface area contributed by atoms with Gasteiger partial charge in [-0.3, -0.25) is 15.1 Å². The van der Waals surface area contributed by atoms with Crippen LogP contribution in [0.5, 0.6) is 0 Å². The van der Waals surface area contributed by atoms with E-state index >= 15 is 0 Å². The molecule has 0 radical (unpaired) electrons. The second-order valence-electron chi connectivity index (χ2n) is 6.24. The second-order valence-corrected chi connectivity index (χ2v) is 6.24. The van der Waals surface area contributed by atoms with Crippen LogP contribution in [0.2, 0.25) is 0 Å². The lowest BCUT2D eigenvalue weighted by atomic mass is 9.97. The van der Waals surface area contributed by atoms with Gasteiger partial charge in [0.1, 0.15) is 0 Å². The Hall–Kier alpha value is -1.56. The number of nitrogens with zero attached hydrogens (tertiary/aromatic N) is 1. The highest BCUT2D eigenvalue weighted by Gasteiger charge is 2.52. The van der Waals surface area contributed by atoms with Crippen molar-refractivity contribution in [3.05, 3.63) is 12.3 Å². The van der Waals surface area contributed by atoms with Gasteiger partial charge in [0.05, 0.1) is 0 Å². The van der Waals surface area contributed by atoms with Crippen LogP contribution in [0.3, 0.4) is 0 Å². The Bertz CT molecular complexity index is 437. The van der Waals surface area contributed by atoms with Gasteiger partial charge < -0.3 is 10.6 Å². The van der Waals surface area contributed by atoms with Crippen LogP contribution in [-0.2, 0) is 14.4 Å². The van der Waals surface area contributed by atoms with E-state index in [1.807, 2.05) is 4.90 Å². The molecule has 2 amide bonds. The maximum Gasteiger partial charge on any atom is 0.272 e. The molecule has 0 aromatic rings. The van der Waals surface area contributed by atoms with Crippen LogP contribution in [0, 0.1) is 0 Å². The van der Waals surface area contributed by atoms with Crippen molar-refractivity contribution in [1.82, 2.24) is 10.4 Å². The molecule has 0 aromatic heterocycles. The lowest BCUT2D eigenvalue weighted by molar-refractivity contribution is -0.167. The molecule has 2 aliphatic carbocycles. The predicted molar refractivity (Wildman–Crippen MR) is 76.6 cm³/mol. The maximum atomic E-state index is 13.1. The zero-order valence-electron chi connectivity index (χ0n) is 12.2. The van der Waals surface area contributed by atoms with E-state index in [9.17, 15) is 9.59 Å². The molecule has 21 heavy (non-hydrogen) atoms. The van der Waals surface area contributed by atoms with Crippen LogP contribution in [0.1, 0.15) is 51.4 Å². The van der Waals surface area contributed by atoms with Gasteiger partial charge in [-0.15, -0.1) is 0 Å². The van der Waals surface area contributed by atoms with Gasteiger partial charge in [-0.1, -0.05) is 25.7 Å². The summed E-state index contributed by atoms with van der Waals surface area (Å²) in [6.45, 7) is 0. The summed E-state index contributed by atoms with van der Waals surface area (Å²) >= 11 is 0. The van der Waals surface area contributed by atoms with Crippen molar-refractivity contribution in [2.24, 2.45) is 5.73 Å². The van der Waals surface area contributed by atoms with Gasteiger partial charge in [-0.25, -0.2) is 4.84 Å². The third-order valence-corrected chi connectivity index (χ3v) is 4.96. The predicted octanol–water partition coefficient (Wildman–Crippen LogP) is 0.973. The van der Waals surface area contributed by atoms with Crippen molar-refractivity contribution in [3.8, 4) is 0 Å². The summed E-state index contributed by atoms with van der Waals surface area (Å²) < 4.78 is 0. The first-order valence-corrected chi connectivity index (χ1v) is 7.89. The van der Waals surface area contributed by atoms with E-state index in [2.05, 4.69) is 5.48 Å². The molecule has 2 saturated carbocycles. The summed E-state index contributed by atoms with van der Waals surface area (Å²) in [6.07, 6.45) is 11.5. The van der Waals surface area contributed by atoms with Crippen LogP contribution < -0.4 is 11.2 Å². The van der Waals surface area contributed by atoms with Gasteiger partial charge in [0.2, 0.25) is 0 Å². The first-order chi connectivity index (χ1) is 10.1. The van der Waals surface area contributed by atoms with Crippen LogP contribution in [0.4, 0.5) is 0 Å². The normalized spacial score (nSPS) is 29.7. The minimum absolute atomic E-state index is 0.217. The standard InChI is InChI=1S/C15H23N3O3/c16-13(19)15(9-10-17-21-15)14(20)18(11-5-1-2-6-11)12-7-3-4-8-12/h9-12,17H,1-8H2,(H2,16,19). The van der Waals surface area contributed by atoms with E-state index in [-0.39, 0.29) is 18.0 Å². The van der Waals surface area contributed by atoms with Gasteiger partial charge in [0, 0.05) is 18.3 Å². The van der Waals surface area contributed by atoms with E-state index in [1.165, 1.54) is 12.3 Å². The zero-order valence-corrected chi connectivity index (χ0v) is 12.2. The summed E-state index contributed by atoms with van der Waals surface area (Å²) in [4.78, 5) is 32.1. The summed E-state index contributed by atoms with van der Waals surface area (Å²) in [5.74, 6) is -1.05. The van der Waals surface area contributed by atoms with Gasteiger partial charge in [0.25, 0.3) is 17.4 Å². The average molecular weight is 293 g/mol. The number of rotatable bonds is 4. The Morgan fingerprint density at radius 3 is 2.00 bits per heavy atom. The zero-order chi connectivity index (χ0) is 14.9. The van der Waals surface area contributed by atoms with E-state index in [4.69, 9.17) is 10.6 Å². The van der Waals surface area contributed by atoms with Crippen LogP contribution >= 0.6 is 0 Å². The minimum atomic E-state index is -1.68. The molecule has 1 atom stereocenters. The molecular weight excluding hydrogens is 270 g/mol. The molecule has 0 spiro atoms. The summed E-state index contributed by atoms with van der Waals surface area (Å²) in [5.41, 5.74) is 6.27. The molecule has 3 aliphatic rings. The molecule has 2 fully saturated rings. The number of hydrogen-bond acceptors (Lipinski definition) is 4. The number of carbonyl (C=O) groups excluding carboxylic acids is 2. The van der Waals surface area contributed by atoms with E-state index in [0.29, 0.717) is 0 Å². The number of nitrogens with one attached hydrogen (secondary N) is 1. The smallest absolute Gasteiger partial charge is 0.272 e. The summed E-state index contributed by atoms with van der Waals surface area (Å²) in [5, 5.41) is 0. The SMILES string of the molecule is NC(=O)C1(C(=O)N(C2CCCC2)C2CCCC2)C=CNO1. The molecule has 1 unspecified atom stereocenters.